The first-order chi connectivity index (χ1) is 8.22. The molecule has 0 spiro atoms. The third-order valence-corrected chi connectivity index (χ3v) is 3.05. The molecule has 1 aliphatic heterocycles. The lowest BCUT2D eigenvalue weighted by molar-refractivity contribution is 0.0615. The third-order valence-electron chi connectivity index (χ3n) is 3.05. The van der Waals surface area contributed by atoms with E-state index in [1.54, 1.807) is 12.4 Å². The average Bonchev–Trinajstić information content (AvgIpc) is 2.25. The van der Waals surface area contributed by atoms with Crippen LogP contribution in [0.2, 0.25) is 0 Å². The van der Waals surface area contributed by atoms with E-state index in [4.69, 9.17) is 0 Å². The normalized spacial score (nSPS) is 15.4. The van der Waals surface area contributed by atoms with E-state index in [0.717, 1.165) is 31.6 Å². The van der Waals surface area contributed by atoms with Gasteiger partial charge in [0.1, 0.15) is 0 Å². The molecule has 2 rings (SSSR count). The molecule has 4 nitrogen and oxygen atoms in total. The number of pyridine rings is 1. The van der Waals surface area contributed by atoms with Crippen LogP contribution in [-0.2, 0) is 0 Å². The van der Waals surface area contributed by atoms with Gasteiger partial charge < -0.3 is 10.2 Å². The fourth-order valence-electron chi connectivity index (χ4n) is 2.02. The number of rotatable bonds is 4. The van der Waals surface area contributed by atoms with Crippen LogP contribution in [-0.4, -0.2) is 41.5 Å². The molecule has 0 radical (unpaired) electrons. The van der Waals surface area contributed by atoms with Gasteiger partial charge in [0, 0.05) is 32.0 Å². The van der Waals surface area contributed by atoms with Gasteiger partial charge in [0.2, 0.25) is 0 Å². The van der Waals surface area contributed by atoms with Crippen molar-refractivity contribution in [2.24, 2.45) is 0 Å². The van der Waals surface area contributed by atoms with Crippen LogP contribution in [0.4, 0.5) is 0 Å². The van der Waals surface area contributed by atoms with Crippen LogP contribution in [0, 0.1) is 6.92 Å². The summed E-state index contributed by atoms with van der Waals surface area (Å²) in [5, 5.41) is 3.21. The summed E-state index contributed by atoms with van der Waals surface area (Å²) < 4.78 is 0. The minimum Gasteiger partial charge on any atom is -0.333 e. The summed E-state index contributed by atoms with van der Waals surface area (Å²) in [6.45, 7) is 6.69. The summed E-state index contributed by atoms with van der Waals surface area (Å²) in [6.07, 6.45) is 4.41. The van der Waals surface area contributed by atoms with E-state index < -0.39 is 0 Å². The maximum atomic E-state index is 12.4. The number of aromatic nitrogens is 1. The summed E-state index contributed by atoms with van der Waals surface area (Å²) in [7, 11) is 0. The van der Waals surface area contributed by atoms with Crippen molar-refractivity contribution in [3.63, 3.8) is 0 Å². The number of hydrogen-bond donors (Lipinski definition) is 1. The topological polar surface area (TPSA) is 45.2 Å². The molecule has 1 saturated heterocycles. The number of hydrogen-bond acceptors (Lipinski definition) is 3. The second-order valence-electron chi connectivity index (χ2n) is 4.56. The molecule has 0 bridgehead atoms. The second kappa shape index (κ2) is 5.27. The van der Waals surface area contributed by atoms with E-state index in [2.05, 4.69) is 17.2 Å². The molecule has 1 fully saturated rings. The summed E-state index contributed by atoms with van der Waals surface area (Å²) in [5.41, 5.74) is 1.73. The highest BCUT2D eigenvalue weighted by Crippen LogP contribution is 2.12. The van der Waals surface area contributed by atoms with Gasteiger partial charge in [-0.1, -0.05) is 6.92 Å². The predicted octanol–water partition coefficient (Wildman–Crippen LogP) is 1.21. The van der Waals surface area contributed by atoms with Gasteiger partial charge >= 0.3 is 0 Å². The van der Waals surface area contributed by atoms with Crippen molar-refractivity contribution in [2.45, 2.75) is 26.3 Å². The first-order valence-electron chi connectivity index (χ1n) is 6.15. The largest absolute Gasteiger partial charge is 0.333 e. The van der Waals surface area contributed by atoms with E-state index in [0.29, 0.717) is 11.6 Å². The molecule has 0 saturated carbocycles. The summed E-state index contributed by atoms with van der Waals surface area (Å²) in [6, 6.07) is 2.26. The third kappa shape index (κ3) is 2.64. The Kier molecular flexibility index (Phi) is 3.74. The first kappa shape index (κ1) is 12.0. The van der Waals surface area contributed by atoms with Crippen molar-refractivity contribution in [1.29, 1.82) is 0 Å². The van der Waals surface area contributed by atoms with E-state index in [1.807, 2.05) is 17.9 Å². The second-order valence-corrected chi connectivity index (χ2v) is 4.56. The number of nitrogens with one attached hydrogen (secondary N) is 1. The molecule has 1 N–H and O–H groups in total. The Balaban J connectivity index is 2.15. The molecule has 0 aliphatic carbocycles. The van der Waals surface area contributed by atoms with E-state index in [-0.39, 0.29) is 5.91 Å². The molecule has 1 aromatic heterocycles. The fraction of sp³-hybridized carbons (Fsp3) is 0.538. The molecule has 4 heteroatoms. The van der Waals surface area contributed by atoms with Gasteiger partial charge in [-0.25, -0.2) is 0 Å². The van der Waals surface area contributed by atoms with E-state index >= 15 is 0 Å². The number of aryl methyl sites for hydroxylation is 1. The molecular formula is C13H19N3O. The molecule has 0 unspecified atom stereocenters. The van der Waals surface area contributed by atoms with Crippen molar-refractivity contribution in [2.75, 3.05) is 19.6 Å². The van der Waals surface area contributed by atoms with Gasteiger partial charge in [0.25, 0.3) is 5.91 Å². The van der Waals surface area contributed by atoms with Gasteiger partial charge in [0.15, 0.2) is 0 Å². The van der Waals surface area contributed by atoms with Crippen LogP contribution >= 0.6 is 0 Å². The van der Waals surface area contributed by atoms with Crippen molar-refractivity contribution >= 4 is 5.91 Å². The van der Waals surface area contributed by atoms with Crippen LogP contribution in [0.25, 0.3) is 0 Å². The maximum absolute atomic E-state index is 12.4. The highest BCUT2D eigenvalue weighted by molar-refractivity contribution is 5.94. The van der Waals surface area contributed by atoms with Gasteiger partial charge in [-0.2, -0.15) is 0 Å². The minimum absolute atomic E-state index is 0.106. The maximum Gasteiger partial charge on any atom is 0.255 e. The Hall–Kier alpha value is -1.42. The molecule has 1 amide bonds. The van der Waals surface area contributed by atoms with Crippen molar-refractivity contribution in [3.05, 3.63) is 29.6 Å². The van der Waals surface area contributed by atoms with Gasteiger partial charge in [-0.15, -0.1) is 0 Å². The highest BCUT2D eigenvalue weighted by Gasteiger charge is 2.28. The van der Waals surface area contributed by atoms with Crippen LogP contribution in [0.1, 0.15) is 29.3 Å². The van der Waals surface area contributed by atoms with Crippen molar-refractivity contribution in [1.82, 2.24) is 15.2 Å². The molecule has 17 heavy (non-hydrogen) atoms. The Morgan fingerprint density at radius 1 is 1.53 bits per heavy atom. The van der Waals surface area contributed by atoms with Crippen molar-refractivity contribution in [3.8, 4) is 0 Å². The van der Waals surface area contributed by atoms with Gasteiger partial charge in [-0.3, -0.25) is 9.78 Å². The standard InChI is InChI=1S/C13H19N3O/c1-3-4-16(12-8-15-9-12)13(17)11-5-10(2)6-14-7-11/h5-7,12,15H,3-4,8-9H2,1-2H3. The summed E-state index contributed by atoms with van der Waals surface area (Å²) >= 11 is 0. The SMILES string of the molecule is CCCN(C(=O)c1cncc(C)c1)C1CNC1. The Morgan fingerprint density at radius 2 is 2.29 bits per heavy atom. The molecule has 2 heterocycles. The number of nitrogens with zero attached hydrogens (tertiary/aromatic N) is 2. The Labute approximate surface area is 102 Å². The Morgan fingerprint density at radius 3 is 2.82 bits per heavy atom. The lowest BCUT2D eigenvalue weighted by atomic mass is 10.1. The smallest absolute Gasteiger partial charge is 0.255 e. The molecule has 0 atom stereocenters. The quantitative estimate of drug-likeness (QED) is 0.850. The van der Waals surface area contributed by atoms with Crippen LogP contribution in [0.3, 0.4) is 0 Å². The van der Waals surface area contributed by atoms with E-state index in [9.17, 15) is 4.79 Å². The monoisotopic (exact) mass is 233 g/mol. The van der Waals surface area contributed by atoms with Crippen LogP contribution < -0.4 is 5.32 Å². The zero-order valence-corrected chi connectivity index (χ0v) is 10.4. The zero-order valence-electron chi connectivity index (χ0n) is 10.4. The average molecular weight is 233 g/mol. The molecular weight excluding hydrogens is 214 g/mol. The summed E-state index contributed by atoms with van der Waals surface area (Å²) in [5.74, 6) is 0.106. The first-order valence-corrected chi connectivity index (χ1v) is 6.15. The number of amides is 1. The number of carbonyl (C=O) groups excluding carboxylic acids is 1. The zero-order chi connectivity index (χ0) is 12.3. The summed E-state index contributed by atoms with van der Waals surface area (Å²) in [4.78, 5) is 18.4. The van der Waals surface area contributed by atoms with E-state index in [1.165, 1.54) is 0 Å². The van der Waals surface area contributed by atoms with Crippen LogP contribution in [0.15, 0.2) is 18.5 Å². The Bertz CT molecular complexity index is 401. The molecule has 1 aliphatic rings. The van der Waals surface area contributed by atoms with Gasteiger partial charge in [-0.05, 0) is 25.0 Å². The lowest BCUT2D eigenvalue weighted by Crippen LogP contribution is -2.59. The van der Waals surface area contributed by atoms with Crippen LogP contribution in [0.5, 0.6) is 0 Å². The van der Waals surface area contributed by atoms with Gasteiger partial charge in [0.05, 0.1) is 11.6 Å². The predicted molar refractivity (Wildman–Crippen MR) is 67.0 cm³/mol. The van der Waals surface area contributed by atoms with Crippen molar-refractivity contribution < 1.29 is 4.79 Å². The number of carbonyl (C=O) groups is 1. The highest BCUT2D eigenvalue weighted by atomic mass is 16.2. The fourth-order valence-corrected chi connectivity index (χ4v) is 2.02. The minimum atomic E-state index is 0.106. The molecule has 92 valence electrons. The lowest BCUT2D eigenvalue weighted by Gasteiger charge is -2.38. The molecule has 0 aromatic carbocycles. The molecule has 1 aromatic rings.